The third-order valence-electron chi connectivity index (χ3n) is 3.50. The zero-order valence-electron chi connectivity index (χ0n) is 13.3. The maximum Gasteiger partial charge on any atom is 0.251 e. The molecule has 0 saturated heterocycles. The van der Waals surface area contributed by atoms with Crippen LogP contribution in [0.5, 0.6) is 11.5 Å². The van der Waals surface area contributed by atoms with Crippen molar-refractivity contribution in [2.45, 2.75) is 13.0 Å². The summed E-state index contributed by atoms with van der Waals surface area (Å²) < 4.78 is 7.56. The maximum absolute atomic E-state index is 12.1. The van der Waals surface area contributed by atoms with Crippen LogP contribution in [0.1, 0.15) is 16.8 Å². The van der Waals surface area contributed by atoms with Crippen molar-refractivity contribution in [3.05, 3.63) is 78.6 Å². The van der Waals surface area contributed by atoms with Gasteiger partial charge in [0.25, 0.3) is 5.91 Å². The third kappa shape index (κ3) is 4.46. The molecule has 1 N–H and O–H groups in total. The van der Waals surface area contributed by atoms with Crippen molar-refractivity contribution in [3.63, 3.8) is 0 Å². The first-order chi connectivity index (χ1) is 11.8. The van der Waals surface area contributed by atoms with Crippen molar-refractivity contribution < 1.29 is 9.53 Å². The molecule has 1 aromatic heterocycles. The highest BCUT2D eigenvalue weighted by molar-refractivity contribution is 5.94. The van der Waals surface area contributed by atoms with E-state index in [1.54, 1.807) is 30.5 Å². The molecule has 0 fully saturated rings. The Morgan fingerprint density at radius 2 is 1.75 bits per heavy atom. The second-order valence-corrected chi connectivity index (χ2v) is 5.32. The number of nitrogens with one attached hydrogen (secondary N) is 1. The lowest BCUT2D eigenvalue weighted by Crippen LogP contribution is -2.25. The van der Waals surface area contributed by atoms with Gasteiger partial charge in [0.1, 0.15) is 11.5 Å². The number of hydrogen-bond donors (Lipinski definition) is 1. The van der Waals surface area contributed by atoms with E-state index >= 15 is 0 Å². The summed E-state index contributed by atoms with van der Waals surface area (Å²) in [6, 6.07) is 18.6. The molecule has 5 nitrogen and oxygen atoms in total. The standard InChI is InChI=1S/C19H19N3O2/c23-19(20-12-4-14-22-15-5-13-21-22)16-8-10-18(11-9-16)24-17-6-2-1-3-7-17/h1-3,5-11,13,15H,4,12,14H2,(H,20,23). The number of nitrogens with zero attached hydrogens (tertiary/aromatic N) is 2. The Morgan fingerprint density at radius 3 is 2.46 bits per heavy atom. The first-order valence-corrected chi connectivity index (χ1v) is 7.90. The molecule has 3 rings (SSSR count). The highest BCUT2D eigenvalue weighted by Gasteiger charge is 2.05. The summed E-state index contributed by atoms with van der Waals surface area (Å²) in [7, 11) is 0. The third-order valence-corrected chi connectivity index (χ3v) is 3.50. The van der Waals surface area contributed by atoms with Crippen LogP contribution in [-0.4, -0.2) is 22.2 Å². The molecule has 24 heavy (non-hydrogen) atoms. The first kappa shape index (κ1) is 15.8. The quantitative estimate of drug-likeness (QED) is 0.678. The van der Waals surface area contributed by atoms with E-state index in [-0.39, 0.29) is 5.91 Å². The molecule has 0 unspecified atom stereocenters. The van der Waals surface area contributed by atoms with Gasteiger partial charge in [-0.1, -0.05) is 18.2 Å². The van der Waals surface area contributed by atoms with Gasteiger partial charge < -0.3 is 10.1 Å². The Labute approximate surface area is 140 Å². The number of aromatic nitrogens is 2. The van der Waals surface area contributed by atoms with Crippen LogP contribution in [0.15, 0.2) is 73.1 Å². The highest BCUT2D eigenvalue weighted by Crippen LogP contribution is 2.21. The zero-order chi connectivity index (χ0) is 16.6. The Morgan fingerprint density at radius 1 is 1.00 bits per heavy atom. The van der Waals surface area contributed by atoms with Crippen LogP contribution in [0, 0.1) is 0 Å². The molecule has 0 saturated carbocycles. The van der Waals surface area contributed by atoms with Crippen LogP contribution < -0.4 is 10.1 Å². The van der Waals surface area contributed by atoms with E-state index in [4.69, 9.17) is 4.74 Å². The van der Waals surface area contributed by atoms with E-state index in [2.05, 4.69) is 10.4 Å². The van der Waals surface area contributed by atoms with Gasteiger partial charge in [0, 0.05) is 31.0 Å². The van der Waals surface area contributed by atoms with Gasteiger partial charge in [0.05, 0.1) is 0 Å². The fraction of sp³-hybridized carbons (Fsp3) is 0.158. The summed E-state index contributed by atoms with van der Waals surface area (Å²) in [4.78, 5) is 12.1. The predicted octanol–water partition coefficient (Wildman–Crippen LogP) is 3.50. The molecule has 0 spiro atoms. The Balaban J connectivity index is 1.46. The summed E-state index contributed by atoms with van der Waals surface area (Å²) in [5.74, 6) is 1.39. The van der Waals surface area contributed by atoms with E-state index in [1.165, 1.54) is 0 Å². The van der Waals surface area contributed by atoms with E-state index in [9.17, 15) is 4.79 Å². The fourth-order valence-corrected chi connectivity index (χ4v) is 2.28. The van der Waals surface area contributed by atoms with E-state index in [0.29, 0.717) is 17.9 Å². The lowest BCUT2D eigenvalue weighted by Gasteiger charge is -2.08. The molecule has 1 heterocycles. The van der Waals surface area contributed by atoms with Crippen LogP contribution in [0.2, 0.25) is 0 Å². The average molecular weight is 321 g/mol. The number of amides is 1. The van der Waals surface area contributed by atoms with E-state index in [0.717, 1.165) is 18.7 Å². The van der Waals surface area contributed by atoms with Crippen molar-refractivity contribution in [2.24, 2.45) is 0 Å². The number of benzene rings is 2. The maximum atomic E-state index is 12.1. The van der Waals surface area contributed by atoms with E-state index < -0.39 is 0 Å². The second kappa shape index (κ2) is 7.97. The van der Waals surface area contributed by atoms with Gasteiger partial charge in [-0.25, -0.2) is 0 Å². The van der Waals surface area contributed by atoms with Gasteiger partial charge in [-0.2, -0.15) is 5.10 Å². The van der Waals surface area contributed by atoms with Gasteiger partial charge in [-0.3, -0.25) is 9.48 Å². The number of rotatable bonds is 7. The molecule has 0 bridgehead atoms. The lowest BCUT2D eigenvalue weighted by molar-refractivity contribution is 0.0952. The van der Waals surface area contributed by atoms with Crippen molar-refractivity contribution >= 4 is 5.91 Å². The smallest absolute Gasteiger partial charge is 0.251 e. The van der Waals surface area contributed by atoms with Gasteiger partial charge in [-0.05, 0) is 48.9 Å². The van der Waals surface area contributed by atoms with Gasteiger partial charge in [0.2, 0.25) is 0 Å². The summed E-state index contributed by atoms with van der Waals surface area (Å²) in [6.07, 6.45) is 4.49. The van der Waals surface area contributed by atoms with Crippen LogP contribution in [0.25, 0.3) is 0 Å². The number of ether oxygens (including phenoxy) is 1. The molecule has 3 aromatic rings. The molecule has 0 radical (unpaired) electrons. The molecule has 122 valence electrons. The topological polar surface area (TPSA) is 56.2 Å². The van der Waals surface area contributed by atoms with Crippen molar-refractivity contribution in [3.8, 4) is 11.5 Å². The SMILES string of the molecule is O=C(NCCCn1cccn1)c1ccc(Oc2ccccc2)cc1. The molecular formula is C19H19N3O2. The molecule has 0 atom stereocenters. The van der Waals surface area contributed by atoms with Gasteiger partial charge in [-0.15, -0.1) is 0 Å². The summed E-state index contributed by atoms with van der Waals surface area (Å²) in [6.45, 7) is 1.40. The number of carbonyl (C=O) groups excluding carboxylic acids is 1. The highest BCUT2D eigenvalue weighted by atomic mass is 16.5. The Hall–Kier alpha value is -3.08. The predicted molar refractivity (Wildman–Crippen MR) is 92.1 cm³/mol. The minimum Gasteiger partial charge on any atom is -0.457 e. The fourth-order valence-electron chi connectivity index (χ4n) is 2.28. The number of para-hydroxylation sites is 1. The normalized spacial score (nSPS) is 10.3. The molecule has 2 aromatic carbocycles. The number of aryl methyl sites for hydroxylation is 1. The number of carbonyl (C=O) groups is 1. The average Bonchev–Trinajstić information content (AvgIpc) is 3.13. The zero-order valence-corrected chi connectivity index (χ0v) is 13.3. The molecule has 0 aliphatic carbocycles. The number of hydrogen-bond acceptors (Lipinski definition) is 3. The molecular weight excluding hydrogens is 302 g/mol. The van der Waals surface area contributed by atoms with Crippen LogP contribution in [-0.2, 0) is 6.54 Å². The second-order valence-electron chi connectivity index (χ2n) is 5.32. The van der Waals surface area contributed by atoms with Crippen LogP contribution in [0.4, 0.5) is 0 Å². The minimum atomic E-state index is -0.0817. The van der Waals surface area contributed by atoms with E-state index in [1.807, 2.05) is 47.3 Å². The minimum absolute atomic E-state index is 0.0817. The van der Waals surface area contributed by atoms with Crippen molar-refractivity contribution in [1.82, 2.24) is 15.1 Å². The molecule has 1 amide bonds. The van der Waals surface area contributed by atoms with Crippen LogP contribution in [0.3, 0.4) is 0 Å². The molecule has 0 aliphatic heterocycles. The largest absolute Gasteiger partial charge is 0.457 e. The lowest BCUT2D eigenvalue weighted by atomic mass is 10.2. The molecule has 0 aliphatic rings. The van der Waals surface area contributed by atoms with Crippen molar-refractivity contribution in [1.29, 1.82) is 0 Å². The van der Waals surface area contributed by atoms with Crippen LogP contribution >= 0.6 is 0 Å². The Bertz CT molecular complexity index is 753. The van der Waals surface area contributed by atoms with Crippen molar-refractivity contribution in [2.75, 3.05) is 6.54 Å². The first-order valence-electron chi connectivity index (χ1n) is 7.90. The van der Waals surface area contributed by atoms with Gasteiger partial charge in [0.15, 0.2) is 0 Å². The summed E-state index contributed by atoms with van der Waals surface area (Å²) in [5.41, 5.74) is 0.620. The monoisotopic (exact) mass is 321 g/mol. The Kier molecular flexibility index (Phi) is 5.24. The molecule has 5 heteroatoms. The summed E-state index contributed by atoms with van der Waals surface area (Å²) in [5, 5.41) is 7.03. The summed E-state index contributed by atoms with van der Waals surface area (Å²) >= 11 is 0. The van der Waals surface area contributed by atoms with Gasteiger partial charge >= 0.3 is 0 Å².